The van der Waals surface area contributed by atoms with E-state index in [9.17, 15) is 0 Å². The Hall–Kier alpha value is -1.96. The zero-order valence-corrected chi connectivity index (χ0v) is 11.2. The Morgan fingerprint density at radius 2 is 1.63 bits per heavy atom. The molecule has 0 aliphatic heterocycles. The third-order valence-electron chi connectivity index (χ3n) is 3.82. The first kappa shape index (κ1) is 12.1. The van der Waals surface area contributed by atoms with Gasteiger partial charge in [0.2, 0.25) is 0 Å². The van der Waals surface area contributed by atoms with Gasteiger partial charge in [-0.05, 0) is 66.6 Å². The van der Waals surface area contributed by atoms with Crippen molar-refractivity contribution in [3.63, 3.8) is 0 Å². The Morgan fingerprint density at radius 3 is 2.42 bits per heavy atom. The fourth-order valence-corrected chi connectivity index (χ4v) is 2.68. The maximum atomic E-state index is 5.69. The summed E-state index contributed by atoms with van der Waals surface area (Å²) in [6.45, 7) is 0.846. The van der Waals surface area contributed by atoms with Crippen LogP contribution >= 0.6 is 0 Å². The van der Waals surface area contributed by atoms with E-state index in [0.29, 0.717) is 0 Å². The lowest BCUT2D eigenvalue weighted by Crippen LogP contribution is -2.05. The summed E-state index contributed by atoms with van der Waals surface area (Å²) in [6, 6.07) is 14.8. The third-order valence-corrected chi connectivity index (χ3v) is 3.82. The van der Waals surface area contributed by atoms with Crippen molar-refractivity contribution < 1.29 is 0 Å². The Morgan fingerprint density at radius 1 is 0.895 bits per heavy atom. The van der Waals surface area contributed by atoms with Crippen LogP contribution in [-0.4, -0.2) is 0 Å². The quantitative estimate of drug-likeness (QED) is 0.816. The van der Waals surface area contributed by atoms with Gasteiger partial charge in [0.15, 0.2) is 0 Å². The van der Waals surface area contributed by atoms with E-state index in [4.69, 9.17) is 5.73 Å². The van der Waals surface area contributed by atoms with Gasteiger partial charge in [0.25, 0.3) is 0 Å². The number of hydrogen-bond acceptors (Lipinski definition) is 2. The second kappa shape index (κ2) is 5.35. The van der Waals surface area contributed by atoms with Crippen LogP contribution in [0.1, 0.15) is 29.5 Å². The number of aryl methyl sites for hydroxylation is 2. The van der Waals surface area contributed by atoms with Crippen molar-refractivity contribution in [2.24, 2.45) is 0 Å². The van der Waals surface area contributed by atoms with Crippen molar-refractivity contribution in [2.45, 2.75) is 32.2 Å². The molecule has 3 rings (SSSR count). The maximum Gasteiger partial charge on any atom is 0.0400 e. The highest BCUT2D eigenvalue weighted by molar-refractivity contribution is 5.50. The smallest absolute Gasteiger partial charge is 0.0400 e. The normalized spacial score (nSPS) is 13.9. The Balaban J connectivity index is 1.68. The molecule has 0 atom stereocenters. The van der Waals surface area contributed by atoms with E-state index in [1.165, 1.54) is 48.1 Å². The van der Waals surface area contributed by atoms with E-state index in [2.05, 4.69) is 35.6 Å². The predicted octanol–water partition coefficient (Wildman–Crippen LogP) is 3.76. The minimum atomic E-state index is 0.817. The van der Waals surface area contributed by atoms with Crippen LogP contribution in [0.5, 0.6) is 0 Å². The Kier molecular flexibility index (Phi) is 3.41. The number of nitrogens with one attached hydrogen (secondary N) is 1. The summed E-state index contributed by atoms with van der Waals surface area (Å²) in [7, 11) is 0. The first-order valence-corrected chi connectivity index (χ1v) is 7.01. The number of hydrogen-bond donors (Lipinski definition) is 2. The zero-order chi connectivity index (χ0) is 13.1. The standard InChI is InChI=1S/C17H20N2/c18-16-8-5-13(6-9-16)12-19-17-10-7-14-3-1-2-4-15(14)11-17/h5-11,19H,1-4,12,18H2. The molecule has 0 spiro atoms. The molecule has 0 saturated carbocycles. The molecule has 19 heavy (non-hydrogen) atoms. The topological polar surface area (TPSA) is 38.0 Å². The van der Waals surface area contributed by atoms with Gasteiger partial charge in [0.1, 0.15) is 0 Å². The summed E-state index contributed by atoms with van der Waals surface area (Å²) in [5, 5.41) is 3.49. The predicted molar refractivity (Wildman–Crippen MR) is 81.3 cm³/mol. The highest BCUT2D eigenvalue weighted by Gasteiger charge is 2.09. The van der Waals surface area contributed by atoms with Crippen LogP contribution in [-0.2, 0) is 19.4 Å². The molecule has 0 heterocycles. The van der Waals surface area contributed by atoms with E-state index in [0.717, 1.165) is 12.2 Å². The summed E-state index contributed by atoms with van der Waals surface area (Å²) in [5.41, 5.74) is 12.0. The van der Waals surface area contributed by atoms with Gasteiger partial charge in [0.05, 0.1) is 0 Å². The zero-order valence-electron chi connectivity index (χ0n) is 11.2. The first-order chi connectivity index (χ1) is 9.31. The molecule has 98 valence electrons. The molecule has 1 aliphatic rings. The van der Waals surface area contributed by atoms with Gasteiger partial charge >= 0.3 is 0 Å². The molecule has 2 nitrogen and oxygen atoms in total. The molecule has 0 unspecified atom stereocenters. The monoisotopic (exact) mass is 252 g/mol. The van der Waals surface area contributed by atoms with Gasteiger partial charge < -0.3 is 11.1 Å². The van der Waals surface area contributed by atoms with Crippen molar-refractivity contribution in [3.8, 4) is 0 Å². The minimum absolute atomic E-state index is 0.817. The van der Waals surface area contributed by atoms with Crippen molar-refractivity contribution in [1.29, 1.82) is 0 Å². The number of nitrogens with two attached hydrogens (primary N) is 1. The van der Waals surface area contributed by atoms with Crippen LogP contribution in [0.2, 0.25) is 0 Å². The van der Waals surface area contributed by atoms with E-state index in [-0.39, 0.29) is 0 Å². The highest BCUT2D eigenvalue weighted by atomic mass is 14.9. The van der Waals surface area contributed by atoms with E-state index < -0.39 is 0 Å². The maximum absolute atomic E-state index is 5.69. The molecule has 0 saturated heterocycles. The lowest BCUT2D eigenvalue weighted by Gasteiger charge is -2.17. The van der Waals surface area contributed by atoms with Crippen molar-refractivity contribution in [2.75, 3.05) is 11.1 Å². The van der Waals surface area contributed by atoms with Gasteiger partial charge in [0, 0.05) is 17.9 Å². The van der Waals surface area contributed by atoms with Crippen LogP contribution in [0, 0.1) is 0 Å². The minimum Gasteiger partial charge on any atom is -0.399 e. The van der Waals surface area contributed by atoms with Gasteiger partial charge in [-0.25, -0.2) is 0 Å². The summed E-state index contributed by atoms with van der Waals surface area (Å²) in [5.74, 6) is 0. The Labute approximate surface area is 114 Å². The van der Waals surface area contributed by atoms with E-state index in [1.54, 1.807) is 0 Å². The van der Waals surface area contributed by atoms with E-state index in [1.807, 2.05) is 12.1 Å². The van der Waals surface area contributed by atoms with Crippen LogP contribution in [0.25, 0.3) is 0 Å². The second-order valence-corrected chi connectivity index (χ2v) is 5.29. The van der Waals surface area contributed by atoms with E-state index >= 15 is 0 Å². The van der Waals surface area contributed by atoms with Crippen molar-refractivity contribution >= 4 is 11.4 Å². The average Bonchev–Trinajstić information content (AvgIpc) is 2.46. The van der Waals surface area contributed by atoms with Gasteiger partial charge in [-0.3, -0.25) is 0 Å². The molecule has 0 amide bonds. The number of rotatable bonds is 3. The van der Waals surface area contributed by atoms with Crippen LogP contribution < -0.4 is 11.1 Å². The van der Waals surface area contributed by atoms with Crippen molar-refractivity contribution in [3.05, 3.63) is 59.2 Å². The summed E-state index contributed by atoms with van der Waals surface area (Å²) in [6.07, 6.45) is 5.14. The molecule has 3 N–H and O–H groups in total. The van der Waals surface area contributed by atoms with Gasteiger partial charge in [-0.2, -0.15) is 0 Å². The molecule has 0 bridgehead atoms. The Bertz CT molecular complexity index is 558. The molecule has 2 aromatic carbocycles. The first-order valence-electron chi connectivity index (χ1n) is 7.01. The molecular formula is C17H20N2. The molecule has 0 aromatic heterocycles. The molecule has 0 radical (unpaired) electrons. The highest BCUT2D eigenvalue weighted by Crippen LogP contribution is 2.24. The number of nitrogen functional groups attached to an aromatic ring is 1. The lowest BCUT2D eigenvalue weighted by atomic mass is 9.91. The molecule has 0 fully saturated rings. The van der Waals surface area contributed by atoms with Gasteiger partial charge in [-0.1, -0.05) is 18.2 Å². The molecule has 2 aromatic rings. The molecule has 1 aliphatic carbocycles. The average molecular weight is 252 g/mol. The second-order valence-electron chi connectivity index (χ2n) is 5.29. The molecular weight excluding hydrogens is 232 g/mol. The largest absolute Gasteiger partial charge is 0.399 e. The number of anilines is 2. The summed E-state index contributed by atoms with van der Waals surface area (Å²) >= 11 is 0. The van der Waals surface area contributed by atoms with Crippen molar-refractivity contribution in [1.82, 2.24) is 0 Å². The van der Waals surface area contributed by atoms with Crippen LogP contribution in [0.4, 0.5) is 11.4 Å². The van der Waals surface area contributed by atoms with Crippen LogP contribution in [0.15, 0.2) is 42.5 Å². The number of fused-ring (bicyclic) bond motifs is 1. The van der Waals surface area contributed by atoms with Gasteiger partial charge in [-0.15, -0.1) is 0 Å². The number of benzene rings is 2. The summed E-state index contributed by atoms with van der Waals surface area (Å²) in [4.78, 5) is 0. The fraction of sp³-hybridized carbons (Fsp3) is 0.294. The SMILES string of the molecule is Nc1ccc(CNc2ccc3c(c2)CCCC3)cc1. The lowest BCUT2D eigenvalue weighted by molar-refractivity contribution is 0.686. The fourth-order valence-electron chi connectivity index (χ4n) is 2.68. The van der Waals surface area contributed by atoms with Crippen LogP contribution in [0.3, 0.4) is 0 Å². The molecule has 2 heteroatoms. The summed E-state index contributed by atoms with van der Waals surface area (Å²) < 4.78 is 0. The third kappa shape index (κ3) is 2.90.